The average molecular weight is 567 g/mol. The van der Waals surface area contributed by atoms with Crippen molar-refractivity contribution in [2.45, 2.75) is 66.2 Å². The van der Waals surface area contributed by atoms with E-state index in [-0.39, 0.29) is 17.8 Å². The zero-order valence-corrected chi connectivity index (χ0v) is 25.1. The molecule has 1 amide bonds. The standard InChI is InChI=1S/C32H43ClN4O3/c1-5-26-11-10-25(18-29(26)33)20-34-31(39)19-27-22-37(32-28(27)8-6-9-30(32)40-23(2)3)13-7-12-35-14-16-36(17-15-35)21-24(4)38/h6,8-11,18,22-23H,5,7,12-17,19-21H2,1-4H3,(H,34,39). The number of amides is 1. The van der Waals surface area contributed by atoms with Gasteiger partial charge >= 0.3 is 0 Å². The molecular weight excluding hydrogens is 524 g/mol. The van der Waals surface area contributed by atoms with Crippen LogP contribution in [0.5, 0.6) is 5.75 Å². The number of hydrogen-bond acceptors (Lipinski definition) is 5. The molecule has 1 fully saturated rings. The molecule has 0 radical (unpaired) electrons. The largest absolute Gasteiger partial charge is 0.489 e. The van der Waals surface area contributed by atoms with Crippen LogP contribution in [0.3, 0.4) is 0 Å². The van der Waals surface area contributed by atoms with Crippen LogP contribution in [0.25, 0.3) is 10.9 Å². The lowest BCUT2D eigenvalue weighted by Crippen LogP contribution is -2.47. The van der Waals surface area contributed by atoms with E-state index in [1.54, 1.807) is 6.92 Å². The van der Waals surface area contributed by atoms with Gasteiger partial charge in [-0.05, 0) is 69.0 Å². The maximum absolute atomic E-state index is 13.0. The van der Waals surface area contributed by atoms with Crippen LogP contribution in [0, 0.1) is 0 Å². The van der Waals surface area contributed by atoms with Gasteiger partial charge in [0.05, 0.1) is 24.6 Å². The predicted octanol–water partition coefficient (Wildman–Crippen LogP) is 5.10. The Morgan fingerprint density at radius 3 is 2.45 bits per heavy atom. The molecule has 8 heteroatoms. The molecule has 2 heterocycles. The van der Waals surface area contributed by atoms with Crippen molar-refractivity contribution in [3.8, 4) is 5.75 Å². The van der Waals surface area contributed by atoms with Gasteiger partial charge in [-0.1, -0.05) is 42.8 Å². The SMILES string of the molecule is CCc1ccc(CNC(=O)Cc2cn(CCCN3CCN(CC(C)=O)CC3)c3c(OC(C)C)cccc23)cc1Cl. The number of nitrogens with one attached hydrogen (secondary N) is 1. The summed E-state index contributed by atoms with van der Waals surface area (Å²) in [6, 6.07) is 12.1. The maximum Gasteiger partial charge on any atom is 0.224 e. The van der Waals surface area contributed by atoms with E-state index in [9.17, 15) is 9.59 Å². The van der Waals surface area contributed by atoms with Crippen LogP contribution in [0.15, 0.2) is 42.6 Å². The molecule has 1 aromatic heterocycles. The molecule has 7 nitrogen and oxygen atoms in total. The number of aryl methyl sites for hydroxylation is 2. The summed E-state index contributed by atoms with van der Waals surface area (Å²) in [5.74, 6) is 1.06. The smallest absolute Gasteiger partial charge is 0.224 e. The Morgan fingerprint density at radius 2 is 1.77 bits per heavy atom. The Labute approximate surface area is 243 Å². The number of benzene rings is 2. The summed E-state index contributed by atoms with van der Waals surface area (Å²) in [5.41, 5.74) is 4.15. The molecular formula is C32H43ClN4O3. The molecule has 1 saturated heterocycles. The van der Waals surface area contributed by atoms with Crippen LogP contribution >= 0.6 is 11.6 Å². The Hall–Kier alpha value is -2.87. The van der Waals surface area contributed by atoms with E-state index < -0.39 is 0 Å². The fraction of sp³-hybridized carbons (Fsp3) is 0.500. The molecule has 0 saturated carbocycles. The average Bonchev–Trinajstić information content (AvgIpc) is 3.26. The fourth-order valence-electron chi connectivity index (χ4n) is 5.44. The first-order valence-corrected chi connectivity index (χ1v) is 14.9. The van der Waals surface area contributed by atoms with Crippen molar-refractivity contribution in [3.05, 3.63) is 64.3 Å². The molecule has 0 bridgehead atoms. The van der Waals surface area contributed by atoms with Crippen molar-refractivity contribution in [3.63, 3.8) is 0 Å². The van der Waals surface area contributed by atoms with Gasteiger partial charge in [0, 0.05) is 55.9 Å². The van der Waals surface area contributed by atoms with Gasteiger partial charge in [-0.15, -0.1) is 0 Å². The van der Waals surface area contributed by atoms with E-state index >= 15 is 0 Å². The number of ketones is 1. The van der Waals surface area contributed by atoms with Crippen LogP contribution in [0.2, 0.25) is 5.02 Å². The zero-order valence-electron chi connectivity index (χ0n) is 24.3. The van der Waals surface area contributed by atoms with Gasteiger partial charge in [0.15, 0.2) is 0 Å². The van der Waals surface area contributed by atoms with E-state index in [1.807, 2.05) is 44.2 Å². The summed E-state index contributed by atoms with van der Waals surface area (Å²) >= 11 is 6.36. The highest BCUT2D eigenvalue weighted by molar-refractivity contribution is 6.31. The molecule has 1 aliphatic heterocycles. The minimum Gasteiger partial charge on any atom is -0.489 e. The Bertz CT molecular complexity index is 1310. The first-order valence-electron chi connectivity index (χ1n) is 14.5. The van der Waals surface area contributed by atoms with E-state index in [1.165, 1.54) is 0 Å². The van der Waals surface area contributed by atoms with Crippen LogP contribution in [-0.2, 0) is 35.5 Å². The number of hydrogen-bond donors (Lipinski definition) is 1. The van der Waals surface area contributed by atoms with E-state index in [4.69, 9.17) is 16.3 Å². The van der Waals surface area contributed by atoms with E-state index in [2.05, 4.69) is 38.9 Å². The van der Waals surface area contributed by atoms with E-state index in [0.29, 0.717) is 19.5 Å². The zero-order chi connectivity index (χ0) is 28.6. The summed E-state index contributed by atoms with van der Waals surface area (Å²) in [6.45, 7) is 14.5. The summed E-state index contributed by atoms with van der Waals surface area (Å²) in [7, 11) is 0. The minimum absolute atomic E-state index is 0.0200. The molecule has 1 aliphatic rings. The van der Waals surface area contributed by atoms with Crippen molar-refractivity contribution in [1.82, 2.24) is 19.7 Å². The predicted molar refractivity (Wildman–Crippen MR) is 162 cm³/mol. The number of ether oxygens (including phenoxy) is 1. The number of fused-ring (bicyclic) bond motifs is 1. The molecule has 0 aliphatic carbocycles. The second kappa shape index (κ2) is 14.2. The molecule has 0 unspecified atom stereocenters. The number of piperazine rings is 1. The molecule has 4 rings (SSSR count). The highest BCUT2D eigenvalue weighted by Gasteiger charge is 2.19. The van der Waals surface area contributed by atoms with Crippen LogP contribution in [0.4, 0.5) is 0 Å². The summed E-state index contributed by atoms with van der Waals surface area (Å²) in [6.07, 6.45) is 4.35. The first-order chi connectivity index (χ1) is 19.2. The minimum atomic E-state index is -0.0200. The topological polar surface area (TPSA) is 66.8 Å². The fourth-order valence-corrected chi connectivity index (χ4v) is 5.78. The molecule has 40 heavy (non-hydrogen) atoms. The lowest BCUT2D eigenvalue weighted by atomic mass is 10.1. The summed E-state index contributed by atoms with van der Waals surface area (Å²) in [5, 5.41) is 4.86. The molecule has 1 N–H and O–H groups in total. The Balaban J connectivity index is 1.42. The highest BCUT2D eigenvalue weighted by atomic mass is 35.5. The lowest BCUT2D eigenvalue weighted by Gasteiger charge is -2.34. The van der Waals surface area contributed by atoms with Crippen LogP contribution < -0.4 is 10.1 Å². The maximum atomic E-state index is 13.0. The van der Waals surface area contributed by atoms with E-state index in [0.717, 1.165) is 90.5 Å². The second-order valence-corrected chi connectivity index (χ2v) is 11.5. The van der Waals surface area contributed by atoms with Gasteiger partial charge < -0.3 is 19.5 Å². The number of aromatic nitrogens is 1. The highest BCUT2D eigenvalue weighted by Crippen LogP contribution is 2.31. The monoisotopic (exact) mass is 566 g/mol. The van der Waals surface area contributed by atoms with Gasteiger partial charge in [0.1, 0.15) is 11.5 Å². The van der Waals surface area contributed by atoms with Crippen LogP contribution in [-0.4, -0.2) is 71.4 Å². The number of carbonyl (C=O) groups is 2. The Morgan fingerprint density at radius 1 is 1.02 bits per heavy atom. The van der Waals surface area contributed by atoms with Crippen molar-refractivity contribution in [1.29, 1.82) is 0 Å². The number of Topliss-reactive ketones (excluding diaryl/α,β-unsaturated/α-hetero) is 1. The number of halogens is 1. The van der Waals surface area contributed by atoms with Crippen molar-refractivity contribution in [2.75, 3.05) is 39.3 Å². The van der Waals surface area contributed by atoms with Gasteiger partial charge in [-0.25, -0.2) is 0 Å². The number of para-hydroxylation sites is 1. The van der Waals surface area contributed by atoms with Gasteiger partial charge in [0.2, 0.25) is 5.91 Å². The molecule has 2 aromatic carbocycles. The van der Waals surface area contributed by atoms with Crippen LogP contribution in [0.1, 0.15) is 50.8 Å². The third-order valence-electron chi connectivity index (χ3n) is 7.43. The van der Waals surface area contributed by atoms with Crippen molar-refractivity contribution in [2.24, 2.45) is 0 Å². The Kier molecular flexibility index (Phi) is 10.6. The number of nitrogens with zero attached hydrogens (tertiary/aromatic N) is 3. The second-order valence-electron chi connectivity index (χ2n) is 11.1. The van der Waals surface area contributed by atoms with Crippen molar-refractivity contribution >= 4 is 34.2 Å². The summed E-state index contributed by atoms with van der Waals surface area (Å²) < 4.78 is 8.44. The lowest BCUT2D eigenvalue weighted by molar-refractivity contribution is -0.120. The number of rotatable bonds is 13. The quantitative estimate of drug-likeness (QED) is 0.312. The number of carbonyl (C=O) groups excluding carboxylic acids is 2. The van der Waals surface area contributed by atoms with Gasteiger partial charge in [-0.2, -0.15) is 0 Å². The molecule has 0 atom stereocenters. The molecule has 3 aromatic rings. The van der Waals surface area contributed by atoms with Gasteiger partial charge in [-0.3, -0.25) is 14.5 Å². The molecule has 0 spiro atoms. The third kappa shape index (κ3) is 8.09. The van der Waals surface area contributed by atoms with Gasteiger partial charge in [0.25, 0.3) is 0 Å². The molecule has 216 valence electrons. The third-order valence-corrected chi connectivity index (χ3v) is 7.78. The first kappa shape index (κ1) is 30.1. The summed E-state index contributed by atoms with van der Waals surface area (Å²) in [4.78, 5) is 29.1. The normalized spacial score (nSPS) is 14.7. The van der Waals surface area contributed by atoms with Crippen molar-refractivity contribution < 1.29 is 14.3 Å².